The highest BCUT2D eigenvalue weighted by molar-refractivity contribution is 5.27. The summed E-state index contributed by atoms with van der Waals surface area (Å²) in [4.78, 5) is 0. The molecule has 0 aliphatic carbocycles. The van der Waals surface area contributed by atoms with Gasteiger partial charge >= 0.3 is 0 Å². The minimum Gasteiger partial charge on any atom is -0.106 e. The molecule has 0 heteroatoms. The fraction of sp³-hybridized carbons (Fsp3) is 0.375. The average Bonchev–Trinajstić information content (AvgIpc) is 2.45. The zero-order valence-electron chi connectivity index (χ0n) is 12.4. The van der Waals surface area contributed by atoms with Crippen molar-refractivity contribution in [3.05, 3.63) is 62.8 Å². The lowest BCUT2D eigenvalue weighted by atomic mass is 10.1. The minimum absolute atomic E-state index is 1.19. The Bertz CT molecular complexity index is 131. The Labute approximate surface area is 105 Å². The average molecular weight is 224 g/mol. The summed E-state index contributed by atoms with van der Waals surface area (Å²) in [6.45, 7) is 31.3. The smallest absolute Gasteiger partial charge is 0.0395 e. The van der Waals surface area contributed by atoms with Gasteiger partial charge in [0.1, 0.15) is 0 Å². The molecule has 16 heavy (non-hydrogen) atoms. The summed E-state index contributed by atoms with van der Waals surface area (Å²) in [6.07, 6.45) is 3.66. The third-order valence-electron chi connectivity index (χ3n) is 1.23. The van der Waals surface area contributed by atoms with E-state index in [0.29, 0.717) is 0 Å². The zero-order valence-corrected chi connectivity index (χ0v) is 12.4. The van der Waals surface area contributed by atoms with Gasteiger partial charge in [0.15, 0.2) is 0 Å². The molecule has 0 aromatic carbocycles. The zero-order chi connectivity index (χ0) is 14.6. The van der Waals surface area contributed by atoms with Crippen LogP contribution in [0.15, 0.2) is 62.8 Å². The summed E-state index contributed by atoms with van der Waals surface area (Å²) in [5, 5.41) is 0. The van der Waals surface area contributed by atoms with E-state index in [2.05, 4.69) is 39.5 Å². The van der Waals surface area contributed by atoms with E-state index in [-0.39, 0.29) is 0 Å². The summed E-state index contributed by atoms with van der Waals surface area (Å²) >= 11 is 0. The molecule has 0 nitrogen and oxygen atoms in total. The fourth-order valence-electron chi connectivity index (χ4n) is 0.322. The molecular weight excluding hydrogens is 192 g/mol. The van der Waals surface area contributed by atoms with Crippen molar-refractivity contribution in [2.45, 2.75) is 41.5 Å². The lowest BCUT2D eigenvalue weighted by molar-refractivity contribution is 1.39. The van der Waals surface area contributed by atoms with Gasteiger partial charge in [-0.1, -0.05) is 53.0 Å². The molecule has 0 unspecified atom stereocenters. The Morgan fingerprint density at radius 1 is 0.625 bits per heavy atom. The summed E-state index contributed by atoms with van der Waals surface area (Å²) in [5.41, 5.74) is 2.39. The van der Waals surface area contributed by atoms with Crippen LogP contribution in [-0.2, 0) is 0 Å². The number of allylic oxidation sites excluding steroid dienone is 4. The van der Waals surface area contributed by atoms with Crippen LogP contribution in [0.5, 0.6) is 0 Å². The molecule has 0 amide bonds. The van der Waals surface area contributed by atoms with Crippen LogP contribution in [0.2, 0.25) is 0 Å². The van der Waals surface area contributed by atoms with Crippen LogP contribution in [0.3, 0.4) is 0 Å². The van der Waals surface area contributed by atoms with Crippen LogP contribution < -0.4 is 0 Å². The molecule has 0 aliphatic heterocycles. The molecule has 0 fully saturated rings. The van der Waals surface area contributed by atoms with Crippen LogP contribution in [0.25, 0.3) is 0 Å². The topological polar surface area (TPSA) is 0 Å². The number of rotatable bonds is 2. The molecular formula is C16H32. The van der Waals surface area contributed by atoms with Gasteiger partial charge in [0.05, 0.1) is 0 Å². The van der Waals surface area contributed by atoms with Gasteiger partial charge in [0.25, 0.3) is 0 Å². The summed E-state index contributed by atoms with van der Waals surface area (Å²) < 4.78 is 0. The van der Waals surface area contributed by atoms with Crippen molar-refractivity contribution in [2.75, 3.05) is 0 Å². The van der Waals surface area contributed by atoms with Crippen LogP contribution in [0, 0.1) is 0 Å². The molecule has 0 rings (SSSR count). The highest BCUT2D eigenvalue weighted by atomic mass is 13.9. The summed E-state index contributed by atoms with van der Waals surface area (Å²) in [7, 11) is 0. The van der Waals surface area contributed by atoms with E-state index in [9.17, 15) is 0 Å². The van der Waals surface area contributed by atoms with Crippen LogP contribution in [0.4, 0.5) is 0 Å². The van der Waals surface area contributed by atoms with Gasteiger partial charge in [-0.3, -0.25) is 0 Å². The molecule has 0 aliphatic rings. The first-order valence-electron chi connectivity index (χ1n) is 5.64. The van der Waals surface area contributed by atoms with Gasteiger partial charge < -0.3 is 0 Å². The van der Waals surface area contributed by atoms with E-state index in [4.69, 9.17) is 0 Å². The van der Waals surface area contributed by atoms with Gasteiger partial charge in [0, 0.05) is 0 Å². The first kappa shape index (κ1) is 29.3. The minimum atomic E-state index is 1.19. The summed E-state index contributed by atoms with van der Waals surface area (Å²) in [6, 6.07) is 0. The number of hydrogen-bond acceptors (Lipinski definition) is 0. The largest absolute Gasteiger partial charge is 0.106 e. The molecule has 0 radical (unpaired) electrons. The van der Waals surface area contributed by atoms with Gasteiger partial charge in [-0.25, -0.2) is 0 Å². The van der Waals surface area contributed by atoms with Gasteiger partial charge in [-0.2, -0.15) is 0 Å². The second-order valence-electron chi connectivity index (χ2n) is 1.77. The van der Waals surface area contributed by atoms with Crippen molar-refractivity contribution in [3.63, 3.8) is 0 Å². The first-order valence-corrected chi connectivity index (χ1v) is 5.64. The molecule has 0 spiro atoms. The predicted molar refractivity (Wildman–Crippen MR) is 84.0 cm³/mol. The van der Waals surface area contributed by atoms with Gasteiger partial charge in [-0.05, 0) is 25.0 Å². The molecule has 0 bridgehead atoms. The van der Waals surface area contributed by atoms with E-state index in [0.717, 1.165) is 0 Å². The van der Waals surface area contributed by atoms with Crippen molar-refractivity contribution in [1.82, 2.24) is 0 Å². The Hall–Kier alpha value is -1.30. The molecule has 0 atom stereocenters. The molecule has 0 aromatic rings. The maximum absolute atomic E-state index is 3.62. The number of hydrogen-bond donors (Lipinski definition) is 0. The highest BCUT2D eigenvalue weighted by Gasteiger charge is 1.82. The van der Waals surface area contributed by atoms with E-state index < -0.39 is 0 Å². The lowest BCUT2D eigenvalue weighted by Crippen LogP contribution is -1.71. The predicted octanol–water partition coefficient (Wildman–Crippen LogP) is 6.35. The molecule has 0 N–H and O–H groups in total. The Morgan fingerprint density at radius 2 is 0.750 bits per heavy atom. The maximum Gasteiger partial charge on any atom is -0.0395 e. The maximum atomic E-state index is 3.62. The highest BCUT2D eigenvalue weighted by Crippen LogP contribution is 2.02. The molecule has 96 valence electrons. The van der Waals surface area contributed by atoms with E-state index in [1.807, 2.05) is 53.7 Å². The van der Waals surface area contributed by atoms with Gasteiger partial charge in [0.2, 0.25) is 0 Å². The lowest BCUT2D eigenvalue weighted by Gasteiger charge is -1.92. The van der Waals surface area contributed by atoms with Crippen LogP contribution >= 0.6 is 0 Å². The van der Waals surface area contributed by atoms with E-state index in [1.165, 1.54) is 11.1 Å². The van der Waals surface area contributed by atoms with Crippen molar-refractivity contribution < 1.29 is 0 Å². The normalized spacial score (nSPS) is 7.38. The van der Waals surface area contributed by atoms with Crippen molar-refractivity contribution in [1.29, 1.82) is 0 Å². The molecule has 0 saturated heterocycles. The molecule has 0 heterocycles. The third-order valence-corrected chi connectivity index (χ3v) is 1.23. The van der Waals surface area contributed by atoms with Crippen LogP contribution in [0.1, 0.15) is 41.5 Å². The second kappa shape index (κ2) is 49.2. The van der Waals surface area contributed by atoms with Crippen LogP contribution in [-0.4, -0.2) is 0 Å². The van der Waals surface area contributed by atoms with Gasteiger partial charge in [-0.15, -0.1) is 26.3 Å². The Kier molecular flexibility index (Phi) is 90.2. The third kappa shape index (κ3) is 38.7. The molecule has 0 aromatic heterocycles. The Morgan fingerprint density at radius 3 is 0.812 bits per heavy atom. The van der Waals surface area contributed by atoms with Crippen molar-refractivity contribution in [3.8, 4) is 0 Å². The second-order valence-corrected chi connectivity index (χ2v) is 1.77. The Balaban J connectivity index is -0.0000000426. The SMILES string of the molecule is C=C.C=C.C=C/C(C)=C(/C)C=C.CC.CC. The first-order chi connectivity index (χ1) is 7.72. The van der Waals surface area contributed by atoms with E-state index >= 15 is 0 Å². The molecule has 0 saturated carbocycles. The van der Waals surface area contributed by atoms with Crippen molar-refractivity contribution in [2.24, 2.45) is 0 Å². The van der Waals surface area contributed by atoms with Crippen molar-refractivity contribution >= 4 is 0 Å². The van der Waals surface area contributed by atoms with E-state index in [1.54, 1.807) is 0 Å². The summed E-state index contributed by atoms with van der Waals surface area (Å²) in [5.74, 6) is 0. The fourth-order valence-corrected chi connectivity index (χ4v) is 0.322. The standard InChI is InChI=1S/C8H12.2C2H6.2C2H4/c1-5-7(3)8(4)6-2;4*1-2/h5-6H,1-2H2,3-4H3;2*1-2H3;2*1-2H2/b8-7-;;;;. The monoisotopic (exact) mass is 224 g/mol. The quantitative estimate of drug-likeness (QED) is 0.378.